The molecule has 5 nitrogen and oxygen atoms in total. The number of halogens is 2. The first-order chi connectivity index (χ1) is 10.3. The van der Waals surface area contributed by atoms with Crippen LogP contribution in [0.25, 0.3) is 0 Å². The minimum absolute atomic E-state index is 0. The Balaban J connectivity index is 0.000000960. The Morgan fingerprint density at radius 1 is 1.22 bits per heavy atom. The molecule has 23 heavy (non-hydrogen) atoms. The third-order valence-electron chi connectivity index (χ3n) is 4.74. The lowest BCUT2D eigenvalue weighted by atomic mass is 9.97. The standard InChI is InChI=1S/C16H22N2O3.2ClH/c1-19-14-4-12(5-15-16(14)21-10-20-15)8-18-7-11-2-3-13(9-18)17-6-11;;/h4-5,11,13,17H,2-3,6-10H2,1H3;2*1H/t11-,13-;;/m0../s1. The van der Waals surface area contributed by atoms with E-state index in [-0.39, 0.29) is 31.6 Å². The molecule has 4 aliphatic rings. The molecule has 4 heterocycles. The van der Waals surface area contributed by atoms with E-state index >= 15 is 0 Å². The number of rotatable bonds is 3. The summed E-state index contributed by atoms with van der Waals surface area (Å²) in [6, 6.07) is 4.82. The van der Waals surface area contributed by atoms with Crippen LogP contribution in [0.5, 0.6) is 17.2 Å². The van der Waals surface area contributed by atoms with Crippen molar-refractivity contribution in [1.82, 2.24) is 10.2 Å². The van der Waals surface area contributed by atoms with Crippen molar-refractivity contribution in [3.8, 4) is 17.2 Å². The van der Waals surface area contributed by atoms with Crippen LogP contribution in [0.3, 0.4) is 0 Å². The molecule has 7 heteroatoms. The van der Waals surface area contributed by atoms with Crippen molar-refractivity contribution in [3.63, 3.8) is 0 Å². The predicted molar refractivity (Wildman–Crippen MR) is 93.4 cm³/mol. The van der Waals surface area contributed by atoms with Gasteiger partial charge in [0.15, 0.2) is 11.5 Å². The van der Waals surface area contributed by atoms with E-state index in [1.165, 1.54) is 31.5 Å². The van der Waals surface area contributed by atoms with Gasteiger partial charge in [-0.25, -0.2) is 0 Å². The topological polar surface area (TPSA) is 43.0 Å². The molecule has 130 valence electrons. The smallest absolute Gasteiger partial charge is 0.231 e. The van der Waals surface area contributed by atoms with E-state index in [2.05, 4.69) is 22.3 Å². The first kappa shape index (κ1) is 18.5. The molecule has 3 saturated heterocycles. The van der Waals surface area contributed by atoms with Gasteiger partial charge in [0.2, 0.25) is 12.5 Å². The number of piperidine rings is 1. The van der Waals surface area contributed by atoms with Crippen LogP contribution in [0.2, 0.25) is 0 Å². The van der Waals surface area contributed by atoms with Gasteiger partial charge in [-0.2, -0.15) is 0 Å². The van der Waals surface area contributed by atoms with Gasteiger partial charge in [0.05, 0.1) is 7.11 Å². The number of methoxy groups -OCH3 is 1. The summed E-state index contributed by atoms with van der Waals surface area (Å²) in [5, 5.41) is 3.65. The zero-order chi connectivity index (χ0) is 14.2. The summed E-state index contributed by atoms with van der Waals surface area (Å²) in [6.45, 7) is 4.72. The molecule has 3 fully saturated rings. The molecule has 1 N–H and O–H groups in total. The van der Waals surface area contributed by atoms with Crippen molar-refractivity contribution in [2.75, 3.05) is 33.5 Å². The van der Waals surface area contributed by atoms with Gasteiger partial charge >= 0.3 is 0 Å². The summed E-state index contributed by atoms with van der Waals surface area (Å²) in [7, 11) is 1.68. The molecule has 1 aromatic carbocycles. The van der Waals surface area contributed by atoms with Crippen LogP contribution in [0, 0.1) is 5.92 Å². The van der Waals surface area contributed by atoms with Crippen LogP contribution < -0.4 is 19.5 Å². The van der Waals surface area contributed by atoms with Gasteiger partial charge in [0.25, 0.3) is 0 Å². The van der Waals surface area contributed by atoms with Crippen LogP contribution in [-0.2, 0) is 6.54 Å². The first-order valence-corrected chi connectivity index (χ1v) is 7.74. The Bertz CT molecular complexity index is 522. The summed E-state index contributed by atoms with van der Waals surface area (Å²) in [5.41, 5.74) is 1.23. The maximum absolute atomic E-state index is 5.52. The molecule has 5 rings (SSSR count). The summed E-state index contributed by atoms with van der Waals surface area (Å²) >= 11 is 0. The average molecular weight is 363 g/mol. The fourth-order valence-corrected chi connectivity index (χ4v) is 3.70. The molecule has 0 amide bonds. The SMILES string of the molecule is COc1cc(CN2C[C@H]3CC[C@@H](C2)NC3)cc2c1OCO2.Cl.Cl. The summed E-state index contributed by atoms with van der Waals surface area (Å²) in [6.07, 6.45) is 2.67. The largest absolute Gasteiger partial charge is 0.493 e. The van der Waals surface area contributed by atoms with E-state index in [4.69, 9.17) is 14.2 Å². The maximum atomic E-state index is 5.52. The Kier molecular flexibility index (Phi) is 6.26. The second kappa shape index (κ2) is 7.79. The molecule has 0 aliphatic carbocycles. The Morgan fingerprint density at radius 3 is 2.83 bits per heavy atom. The zero-order valence-corrected chi connectivity index (χ0v) is 14.9. The molecular weight excluding hydrogens is 339 g/mol. The third-order valence-corrected chi connectivity index (χ3v) is 4.74. The number of fused-ring (bicyclic) bond motifs is 5. The van der Waals surface area contributed by atoms with Crippen molar-refractivity contribution in [1.29, 1.82) is 0 Å². The van der Waals surface area contributed by atoms with Gasteiger partial charge in [0.1, 0.15) is 0 Å². The Labute approximate surface area is 149 Å². The molecule has 0 unspecified atom stereocenters. The van der Waals surface area contributed by atoms with Crippen molar-refractivity contribution in [2.45, 2.75) is 25.4 Å². The molecule has 1 aromatic rings. The van der Waals surface area contributed by atoms with Gasteiger partial charge in [-0.3, -0.25) is 4.90 Å². The molecule has 0 radical (unpaired) electrons. The number of nitrogens with one attached hydrogen (secondary N) is 1. The number of hydrogen-bond donors (Lipinski definition) is 1. The van der Waals surface area contributed by atoms with Gasteiger partial charge in [-0.1, -0.05) is 0 Å². The molecular formula is C16H24Cl2N2O3. The van der Waals surface area contributed by atoms with E-state index in [9.17, 15) is 0 Å². The van der Waals surface area contributed by atoms with E-state index in [0.29, 0.717) is 6.04 Å². The second-order valence-corrected chi connectivity index (χ2v) is 6.27. The minimum Gasteiger partial charge on any atom is -0.493 e. The fraction of sp³-hybridized carbons (Fsp3) is 0.625. The first-order valence-electron chi connectivity index (χ1n) is 7.74. The van der Waals surface area contributed by atoms with Gasteiger partial charge in [0, 0.05) is 25.7 Å². The van der Waals surface area contributed by atoms with Gasteiger partial charge in [-0.05, 0) is 43.0 Å². The highest BCUT2D eigenvalue weighted by Crippen LogP contribution is 2.42. The van der Waals surface area contributed by atoms with Crippen molar-refractivity contribution in [3.05, 3.63) is 17.7 Å². The van der Waals surface area contributed by atoms with Crippen LogP contribution in [0.15, 0.2) is 12.1 Å². The summed E-state index contributed by atoms with van der Waals surface area (Å²) in [4.78, 5) is 2.55. The van der Waals surface area contributed by atoms with Crippen LogP contribution in [0.4, 0.5) is 0 Å². The molecule has 4 aliphatic heterocycles. The van der Waals surface area contributed by atoms with Crippen molar-refractivity contribution in [2.24, 2.45) is 5.92 Å². The Morgan fingerprint density at radius 2 is 2.09 bits per heavy atom. The summed E-state index contributed by atoms with van der Waals surface area (Å²) in [5.74, 6) is 3.11. The number of benzene rings is 1. The molecule has 0 spiro atoms. The van der Waals surface area contributed by atoms with Gasteiger partial charge < -0.3 is 19.5 Å². The highest BCUT2D eigenvalue weighted by atomic mass is 35.5. The van der Waals surface area contributed by atoms with E-state index in [1.54, 1.807) is 7.11 Å². The van der Waals surface area contributed by atoms with E-state index in [1.807, 2.05) is 0 Å². The van der Waals surface area contributed by atoms with Crippen molar-refractivity contribution < 1.29 is 14.2 Å². The highest BCUT2D eigenvalue weighted by Gasteiger charge is 2.29. The van der Waals surface area contributed by atoms with E-state index in [0.717, 1.165) is 36.3 Å². The predicted octanol–water partition coefficient (Wildman–Crippen LogP) is 2.45. The van der Waals surface area contributed by atoms with Gasteiger partial charge in [-0.15, -0.1) is 24.8 Å². The van der Waals surface area contributed by atoms with E-state index < -0.39 is 0 Å². The second-order valence-electron chi connectivity index (χ2n) is 6.27. The average Bonchev–Trinajstić information content (AvgIpc) is 2.78. The van der Waals surface area contributed by atoms with Crippen LogP contribution in [-0.4, -0.2) is 44.5 Å². The lowest BCUT2D eigenvalue weighted by molar-refractivity contribution is 0.171. The van der Waals surface area contributed by atoms with Crippen LogP contribution >= 0.6 is 24.8 Å². The lowest BCUT2D eigenvalue weighted by Crippen LogP contribution is -2.39. The number of nitrogens with zero attached hydrogens (tertiary/aromatic N) is 1. The lowest BCUT2D eigenvalue weighted by Gasteiger charge is -2.23. The zero-order valence-electron chi connectivity index (χ0n) is 13.2. The quantitative estimate of drug-likeness (QED) is 0.894. The van der Waals surface area contributed by atoms with Crippen molar-refractivity contribution >= 4 is 24.8 Å². The molecule has 0 saturated carbocycles. The molecule has 0 aromatic heterocycles. The Hall–Kier alpha value is -0.880. The van der Waals surface area contributed by atoms with Crippen LogP contribution in [0.1, 0.15) is 18.4 Å². The highest BCUT2D eigenvalue weighted by molar-refractivity contribution is 5.85. The monoisotopic (exact) mass is 362 g/mol. The fourth-order valence-electron chi connectivity index (χ4n) is 3.70. The third kappa shape index (κ3) is 3.79. The summed E-state index contributed by atoms with van der Waals surface area (Å²) < 4.78 is 16.4. The minimum atomic E-state index is 0. The molecule has 2 bridgehead atoms. The maximum Gasteiger partial charge on any atom is 0.231 e. The number of hydrogen-bond acceptors (Lipinski definition) is 5. The normalized spacial score (nSPS) is 25.3. The molecule has 2 atom stereocenters. The number of ether oxygens (including phenoxy) is 3.